The molecule has 4 rings (SSSR count). The van der Waals surface area contributed by atoms with Gasteiger partial charge in [0.05, 0.1) is 23.5 Å². The summed E-state index contributed by atoms with van der Waals surface area (Å²) in [5.41, 5.74) is 11.2. The normalized spacial score (nSPS) is 15.0. The average Bonchev–Trinajstić information content (AvgIpc) is 2.90. The third kappa shape index (κ3) is 3.80. The van der Waals surface area contributed by atoms with Crippen LogP contribution in [0.25, 0.3) is 0 Å². The number of hydrogen-bond donors (Lipinski definition) is 1. The molecule has 0 saturated carbocycles. The molecule has 2 aromatic rings. The summed E-state index contributed by atoms with van der Waals surface area (Å²) >= 11 is 0. The van der Waals surface area contributed by atoms with E-state index in [4.69, 9.17) is 0 Å². The molecule has 1 amide bonds. The van der Waals surface area contributed by atoms with Crippen LogP contribution in [0.1, 0.15) is 51.0 Å². The molecule has 2 heterocycles. The van der Waals surface area contributed by atoms with Gasteiger partial charge in [-0.2, -0.15) is 0 Å². The number of allylic oxidation sites excluding steroid dienone is 1. The largest absolute Gasteiger partial charge is 0.338 e. The van der Waals surface area contributed by atoms with Crippen molar-refractivity contribution in [3.63, 3.8) is 0 Å². The number of pyridine rings is 1. The molecule has 1 aromatic heterocycles. The molecule has 0 bridgehead atoms. The van der Waals surface area contributed by atoms with Crippen LogP contribution in [0.3, 0.4) is 0 Å². The molecule has 1 aliphatic carbocycles. The van der Waals surface area contributed by atoms with Gasteiger partial charge in [-0.25, -0.2) is 4.98 Å². The van der Waals surface area contributed by atoms with Gasteiger partial charge in [0, 0.05) is 11.8 Å². The first kappa shape index (κ1) is 18.3. The maximum Gasteiger partial charge on any atom is 0.263 e. The van der Waals surface area contributed by atoms with E-state index in [2.05, 4.69) is 28.7 Å². The highest BCUT2D eigenvalue weighted by Crippen LogP contribution is 2.35. The number of benzene rings is 1. The summed E-state index contributed by atoms with van der Waals surface area (Å²) in [6.07, 6.45) is 8.13. The van der Waals surface area contributed by atoms with Gasteiger partial charge in [0.25, 0.3) is 5.91 Å². The molecule has 0 radical (unpaired) electrons. The summed E-state index contributed by atoms with van der Waals surface area (Å²) in [4.78, 5) is 19.7. The standard InChI is InChI=1S/C24H25N3O/c1-2-3-4-8-18-12-14-19(15-13-18)24(28)27-17-20-9-7-16-25-23(20)26-21-10-5-6-11-22(21)27/h5-7,9-11,16H,2-4,8,12,14,17H2,1H3,(H,25,26). The van der Waals surface area contributed by atoms with Gasteiger partial charge in [0.1, 0.15) is 5.82 Å². The van der Waals surface area contributed by atoms with Crippen LogP contribution >= 0.6 is 0 Å². The number of fused-ring (bicyclic) bond motifs is 2. The molecule has 0 spiro atoms. The van der Waals surface area contributed by atoms with Crippen LogP contribution in [-0.4, -0.2) is 10.9 Å². The number of nitrogens with one attached hydrogen (secondary N) is 1. The SMILES string of the molecule is CCCCCC1=C=C=C(C(=O)N2Cc3cccnc3Nc3ccccc32)CC1. The number of carbonyl (C=O) groups excluding carboxylic acids is 1. The van der Waals surface area contributed by atoms with Crippen molar-refractivity contribution in [2.75, 3.05) is 10.2 Å². The Morgan fingerprint density at radius 3 is 2.86 bits per heavy atom. The zero-order valence-corrected chi connectivity index (χ0v) is 16.3. The number of rotatable bonds is 5. The van der Waals surface area contributed by atoms with Crippen molar-refractivity contribution < 1.29 is 4.79 Å². The molecule has 1 N–H and O–H groups in total. The number of unbranched alkanes of at least 4 members (excludes halogenated alkanes) is 2. The molecule has 0 fully saturated rings. The number of para-hydroxylation sites is 2. The Kier molecular flexibility index (Phi) is 5.43. The van der Waals surface area contributed by atoms with Gasteiger partial charge < -0.3 is 10.2 Å². The van der Waals surface area contributed by atoms with E-state index in [9.17, 15) is 4.79 Å². The summed E-state index contributed by atoms with van der Waals surface area (Å²) in [6, 6.07) is 11.8. The molecule has 1 aromatic carbocycles. The second-order valence-corrected chi connectivity index (χ2v) is 7.33. The zero-order chi connectivity index (χ0) is 19.3. The van der Waals surface area contributed by atoms with Crippen molar-refractivity contribution in [3.8, 4) is 0 Å². The summed E-state index contributed by atoms with van der Waals surface area (Å²) < 4.78 is 0. The number of nitrogens with zero attached hydrogens (tertiary/aromatic N) is 2. The summed E-state index contributed by atoms with van der Waals surface area (Å²) in [6.45, 7) is 2.70. The van der Waals surface area contributed by atoms with Crippen molar-refractivity contribution in [2.45, 2.75) is 52.0 Å². The topological polar surface area (TPSA) is 45.2 Å². The summed E-state index contributed by atoms with van der Waals surface area (Å²) in [5, 5.41) is 3.37. The molecule has 4 heteroatoms. The Bertz CT molecular complexity index is 994. The first-order valence-corrected chi connectivity index (χ1v) is 10.1. The minimum atomic E-state index is 0.00561. The van der Waals surface area contributed by atoms with E-state index in [0.717, 1.165) is 42.0 Å². The van der Waals surface area contributed by atoms with Gasteiger partial charge in [-0.05, 0) is 49.5 Å². The first-order valence-electron chi connectivity index (χ1n) is 10.1. The van der Waals surface area contributed by atoms with Crippen LogP contribution < -0.4 is 10.2 Å². The number of amides is 1. The highest BCUT2D eigenvalue weighted by molar-refractivity contribution is 6.08. The van der Waals surface area contributed by atoms with Gasteiger partial charge in [-0.3, -0.25) is 4.79 Å². The molecule has 4 nitrogen and oxygen atoms in total. The van der Waals surface area contributed by atoms with E-state index >= 15 is 0 Å². The predicted molar refractivity (Wildman–Crippen MR) is 113 cm³/mol. The van der Waals surface area contributed by atoms with E-state index in [1.165, 1.54) is 24.8 Å². The minimum absolute atomic E-state index is 0.00561. The Morgan fingerprint density at radius 2 is 2.04 bits per heavy atom. The van der Waals surface area contributed by atoms with Gasteiger partial charge in [0.15, 0.2) is 0 Å². The van der Waals surface area contributed by atoms with Gasteiger partial charge >= 0.3 is 0 Å². The first-order chi connectivity index (χ1) is 13.8. The molecule has 0 saturated heterocycles. The summed E-state index contributed by atoms with van der Waals surface area (Å²) in [5.74, 6) is 0.808. The van der Waals surface area contributed by atoms with E-state index < -0.39 is 0 Å². The quantitative estimate of drug-likeness (QED) is 0.545. The highest BCUT2D eigenvalue weighted by atomic mass is 16.2. The van der Waals surface area contributed by atoms with E-state index in [1.807, 2.05) is 41.3 Å². The lowest BCUT2D eigenvalue weighted by molar-refractivity contribution is -0.115. The van der Waals surface area contributed by atoms with E-state index in [0.29, 0.717) is 12.1 Å². The van der Waals surface area contributed by atoms with Crippen LogP contribution in [0.15, 0.2) is 65.2 Å². The van der Waals surface area contributed by atoms with Gasteiger partial charge in [0.2, 0.25) is 0 Å². The fourth-order valence-electron chi connectivity index (χ4n) is 3.72. The Labute approximate surface area is 166 Å². The third-order valence-electron chi connectivity index (χ3n) is 5.32. The average molecular weight is 371 g/mol. The predicted octanol–water partition coefficient (Wildman–Crippen LogP) is 5.65. The van der Waals surface area contributed by atoms with Gasteiger partial charge in [-0.15, -0.1) is 0 Å². The number of aromatic nitrogens is 1. The zero-order valence-electron chi connectivity index (χ0n) is 16.3. The number of carbonyl (C=O) groups is 1. The van der Waals surface area contributed by atoms with E-state index in [1.54, 1.807) is 6.20 Å². The van der Waals surface area contributed by atoms with Crippen LogP contribution in [0.2, 0.25) is 0 Å². The van der Waals surface area contributed by atoms with Crippen LogP contribution in [-0.2, 0) is 11.3 Å². The van der Waals surface area contributed by atoms with Crippen molar-refractivity contribution >= 4 is 23.1 Å². The van der Waals surface area contributed by atoms with Crippen molar-refractivity contribution in [1.29, 1.82) is 0 Å². The molecule has 142 valence electrons. The van der Waals surface area contributed by atoms with Crippen molar-refractivity contribution in [2.24, 2.45) is 0 Å². The molecule has 28 heavy (non-hydrogen) atoms. The third-order valence-corrected chi connectivity index (χ3v) is 5.32. The Morgan fingerprint density at radius 1 is 1.14 bits per heavy atom. The second-order valence-electron chi connectivity index (χ2n) is 7.33. The monoisotopic (exact) mass is 371 g/mol. The molecule has 1 aliphatic heterocycles. The lowest BCUT2D eigenvalue weighted by Gasteiger charge is -2.23. The number of hydrogen-bond acceptors (Lipinski definition) is 3. The fraction of sp³-hybridized carbons (Fsp3) is 0.333. The van der Waals surface area contributed by atoms with Crippen LogP contribution in [0.4, 0.5) is 17.2 Å². The maximum absolute atomic E-state index is 13.4. The van der Waals surface area contributed by atoms with Crippen molar-refractivity contribution in [3.05, 3.63) is 70.8 Å². The lowest BCUT2D eigenvalue weighted by atomic mass is 9.97. The molecule has 0 unspecified atom stereocenters. The second kappa shape index (κ2) is 8.31. The number of anilines is 3. The van der Waals surface area contributed by atoms with Crippen LogP contribution in [0.5, 0.6) is 0 Å². The maximum atomic E-state index is 13.4. The molecular formula is C24H25N3O. The molecular weight excluding hydrogens is 346 g/mol. The van der Waals surface area contributed by atoms with E-state index in [-0.39, 0.29) is 5.91 Å². The van der Waals surface area contributed by atoms with Gasteiger partial charge in [-0.1, -0.05) is 49.4 Å². The Balaban J connectivity index is 1.66. The van der Waals surface area contributed by atoms with Crippen LogP contribution in [0, 0.1) is 0 Å². The lowest BCUT2D eigenvalue weighted by Crippen LogP contribution is -2.31. The minimum Gasteiger partial charge on any atom is -0.338 e. The fourth-order valence-corrected chi connectivity index (χ4v) is 3.72. The smallest absolute Gasteiger partial charge is 0.263 e. The molecule has 0 atom stereocenters. The highest BCUT2D eigenvalue weighted by Gasteiger charge is 2.27. The summed E-state index contributed by atoms with van der Waals surface area (Å²) in [7, 11) is 0. The Hall–Kier alpha value is -3.06. The molecule has 2 aliphatic rings. The van der Waals surface area contributed by atoms with Crippen molar-refractivity contribution in [1.82, 2.24) is 4.98 Å².